The van der Waals surface area contributed by atoms with Gasteiger partial charge in [0.15, 0.2) is 11.5 Å². The molecule has 3 rings (SSSR count). The molecule has 0 bridgehead atoms. The first-order chi connectivity index (χ1) is 14.6. The summed E-state index contributed by atoms with van der Waals surface area (Å²) in [5, 5.41) is 14.3. The van der Waals surface area contributed by atoms with Gasteiger partial charge in [0.2, 0.25) is 0 Å². The van der Waals surface area contributed by atoms with Crippen LogP contribution in [0.1, 0.15) is 29.7 Å². The number of hydrogen-bond donors (Lipinski definition) is 2. The van der Waals surface area contributed by atoms with Crippen molar-refractivity contribution in [2.24, 2.45) is 0 Å². The highest BCUT2D eigenvalue weighted by Gasteiger charge is 2.13. The fourth-order valence-electron chi connectivity index (χ4n) is 3.01. The van der Waals surface area contributed by atoms with Gasteiger partial charge in [0, 0.05) is 18.1 Å². The van der Waals surface area contributed by atoms with Crippen LogP contribution in [-0.4, -0.2) is 18.3 Å². The summed E-state index contributed by atoms with van der Waals surface area (Å²) in [5.41, 5.74) is 2.95. The fourth-order valence-corrected chi connectivity index (χ4v) is 3.74. The summed E-state index contributed by atoms with van der Waals surface area (Å²) in [6, 6.07) is 21.2. The van der Waals surface area contributed by atoms with Gasteiger partial charge in [0.25, 0.3) is 0 Å². The molecule has 0 saturated heterocycles. The van der Waals surface area contributed by atoms with Gasteiger partial charge in [-0.2, -0.15) is 0 Å². The third-order valence-corrected chi connectivity index (χ3v) is 5.36. The summed E-state index contributed by atoms with van der Waals surface area (Å²) >= 11 is 9.55. The van der Waals surface area contributed by atoms with E-state index in [2.05, 4.69) is 21.2 Å². The highest BCUT2D eigenvalue weighted by Crippen LogP contribution is 2.37. The zero-order valence-electron chi connectivity index (χ0n) is 16.8. The van der Waals surface area contributed by atoms with Gasteiger partial charge in [-0.15, -0.1) is 0 Å². The molecule has 3 aromatic carbocycles. The largest absolute Gasteiger partial charge is 0.490 e. The van der Waals surface area contributed by atoms with Gasteiger partial charge in [-0.25, -0.2) is 0 Å². The van der Waals surface area contributed by atoms with Crippen molar-refractivity contribution in [3.05, 3.63) is 92.9 Å². The van der Waals surface area contributed by atoms with Crippen LogP contribution in [0.15, 0.2) is 71.2 Å². The molecule has 0 radical (unpaired) electrons. The first kappa shape index (κ1) is 22.6. The molecular formula is C24H25BrClNO3. The smallest absolute Gasteiger partial charge is 0.175 e. The van der Waals surface area contributed by atoms with Crippen LogP contribution < -0.4 is 14.8 Å². The minimum atomic E-state index is -0.553. The molecule has 3 aromatic rings. The van der Waals surface area contributed by atoms with E-state index in [4.69, 9.17) is 21.1 Å². The molecule has 30 heavy (non-hydrogen) atoms. The highest BCUT2D eigenvalue weighted by molar-refractivity contribution is 9.10. The number of aliphatic hydroxyl groups is 1. The second-order valence-electron chi connectivity index (χ2n) is 6.81. The van der Waals surface area contributed by atoms with Gasteiger partial charge in [0.05, 0.1) is 17.2 Å². The minimum absolute atomic E-state index is 0.413. The van der Waals surface area contributed by atoms with E-state index in [1.54, 1.807) is 0 Å². The Kier molecular flexibility index (Phi) is 8.58. The maximum absolute atomic E-state index is 10.3. The van der Waals surface area contributed by atoms with Gasteiger partial charge in [-0.1, -0.05) is 54.1 Å². The van der Waals surface area contributed by atoms with Gasteiger partial charge >= 0.3 is 0 Å². The first-order valence-corrected chi connectivity index (χ1v) is 11.0. The van der Waals surface area contributed by atoms with E-state index >= 15 is 0 Å². The van der Waals surface area contributed by atoms with Crippen molar-refractivity contribution in [3.63, 3.8) is 0 Å². The van der Waals surface area contributed by atoms with Crippen molar-refractivity contribution in [1.29, 1.82) is 0 Å². The fraction of sp³-hybridized carbons (Fsp3) is 0.250. The Hall–Kier alpha value is -2.05. The minimum Gasteiger partial charge on any atom is -0.490 e. The summed E-state index contributed by atoms with van der Waals surface area (Å²) in [7, 11) is 0. The van der Waals surface area contributed by atoms with Gasteiger partial charge in [-0.3, -0.25) is 0 Å². The van der Waals surface area contributed by atoms with Crippen LogP contribution in [0.3, 0.4) is 0 Å². The second kappa shape index (κ2) is 11.4. The van der Waals surface area contributed by atoms with E-state index < -0.39 is 6.10 Å². The van der Waals surface area contributed by atoms with Gasteiger partial charge in [0.1, 0.15) is 6.61 Å². The molecule has 4 nitrogen and oxygen atoms in total. The Balaban J connectivity index is 1.64. The predicted molar refractivity (Wildman–Crippen MR) is 124 cm³/mol. The van der Waals surface area contributed by atoms with E-state index in [1.165, 1.54) is 0 Å². The quantitative estimate of drug-likeness (QED) is 0.371. The Morgan fingerprint density at radius 1 is 1.00 bits per heavy atom. The summed E-state index contributed by atoms with van der Waals surface area (Å²) in [6.45, 7) is 3.95. The van der Waals surface area contributed by atoms with Crippen LogP contribution in [0.4, 0.5) is 0 Å². The van der Waals surface area contributed by atoms with E-state index in [9.17, 15) is 5.11 Å². The number of halogens is 2. The Labute approximate surface area is 190 Å². The zero-order chi connectivity index (χ0) is 21.3. The van der Waals surface area contributed by atoms with Crippen LogP contribution in [0.5, 0.6) is 11.5 Å². The number of hydrogen-bond acceptors (Lipinski definition) is 4. The first-order valence-electron chi connectivity index (χ1n) is 9.83. The Bertz CT molecular complexity index is 935. The van der Waals surface area contributed by atoms with E-state index in [0.29, 0.717) is 42.8 Å². The second-order valence-corrected chi connectivity index (χ2v) is 8.10. The van der Waals surface area contributed by atoms with Crippen molar-refractivity contribution < 1.29 is 14.6 Å². The maximum Gasteiger partial charge on any atom is 0.175 e. The normalized spacial score (nSPS) is 11.9. The monoisotopic (exact) mass is 489 g/mol. The molecule has 0 aliphatic heterocycles. The SMILES string of the molecule is CCOc1cc(CNC[C@@H](O)c2ccccc2)cc(Br)c1OCc1ccc(Cl)cc1. The van der Waals surface area contributed by atoms with Gasteiger partial charge < -0.3 is 19.9 Å². The molecule has 0 aliphatic carbocycles. The van der Waals surface area contributed by atoms with Gasteiger partial charge in [-0.05, 0) is 63.8 Å². The molecule has 0 unspecified atom stereocenters. The maximum atomic E-state index is 10.3. The van der Waals surface area contributed by atoms with Crippen LogP contribution in [-0.2, 0) is 13.2 Å². The zero-order valence-corrected chi connectivity index (χ0v) is 19.1. The lowest BCUT2D eigenvalue weighted by Crippen LogP contribution is -2.21. The van der Waals surface area contributed by atoms with Crippen molar-refractivity contribution in [3.8, 4) is 11.5 Å². The number of rotatable bonds is 10. The van der Waals surface area contributed by atoms with Crippen molar-refractivity contribution in [1.82, 2.24) is 5.32 Å². The van der Waals surface area contributed by atoms with Crippen molar-refractivity contribution >= 4 is 27.5 Å². The van der Waals surface area contributed by atoms with Crippen molar-refractivity contribution in [2.45, 2.75) is 26.2 Å². The van der Waals surface area contributed by atoms with E-state index in [-0.39, 0.29) is 0 Å². The average molecular weight is 491 g/mol. The number of aliphatic hydroxyl groups excluding tert-OH is 1. The summed E-state index contributed by atoms with van der Waals surface area (Å²) in [6.07, 6.45) is -0.553. The van der Waals surface area contributed by atoms with Crippen molar-refractivity contribution in [2.75, 3.05) is 13.2 Å². The Morgan fingerprint density at radius 3 is 2.43 bits per heavy atom. The van der Waals surface area contributed by atoms with Crippen LogP contribution in [0.25, 0.3) is 0 Å². The molecule has 0 spiro atoms. The Morgan fingerprint density at radius 2 is 1.73 bits per heavy atom. The summed E-state index contributed by atoms with van der Waals surface area (Å²) in [5.74, 6) is 1.35. The number of ether oxygens (including phenoxy) is 2. The van der Waals surface area contributed by atoms with Crippen LogP contribution in [0.2, 0.25) is 5.02 Å². The molecule has 1 atom stereocenters. The molecule has 0 fully saturated rings. The molecule has 2 N–H and O–H groups in total. The molecule has 158 valence electrons. The third kappa shape index (κ3) is 6.47. The lowest BCUT2D eigenvalue weighted by Gasteiger charge is -2.17. The number of benzene rings is 3. The summed E-state index contributed by atoms with van der Waals surface area (Å²) < 4.78 is 12.7. The molecule has 0 saturated carbocycles. The highest BCUT2D eigenvalue weighted by atomic mass is 79.9. The molecule has 0 aliphatic rings. The molecule has 0 heterocycles. The molecule has 6 heteroatoms. The van der Waals surface area contributed by atoms with Crippen LogP contribution in [0, 0.1) is 0 Å². The predicted octanol–water partition coefficient (Wildman–Crippen LogP) is 5.90. The molecular weight excluding hydrogens is 466 g/mol. The number of nitrogens with one attached hydrogen (secondary N) is 1. The van der Waals surface area contributed by atoms with Crippen LogP contribution >= 0.6 is 27.5 Å². The molecule has 0 aromatic heterocycles. The standard InChI is InChI=1S/C24H25BrClNO3/c1-2-29-23-13-18(14-27-15-22(28)19-6-4-3-5-7-19)12-21(25)24(23)30-16-17-8-10-20(26)11-9-17/h3-13,22,27-28H,2,14-16H2,1H3/t22-/m1/s1. The van der Waals surface area contributed by atoms with E-state index in [0.717, 1.165) is 21.2 Å². The average Bonchev–Trinajstić information content (AvgIpc) is 2.75. The third-order valence-electron chi connectivity index (χ3n) is 4.52. The topological polar surface area (TPSA) is 50.7 Å². The lowest BCUT2D eigenvalue weighted by molar-refractivity contribution is 0.174. The van der Waals surface area contributed by atoms with E-state index in [1.807, 2.05) is 73.7 Å². The molecule has 0 amide bonds. The lowest BCUT2D eigenvalue weighted by atomic mass is 10.1. The summed E-state index contributed by atoms with van der Waals surface area (Å²) in [4.78, 5) is 0.